The first-order valence-corrected chi connectivity index (χ1v) is 6.87. The van der Waals surface area contributed by atoms with Crippen LogP contribution in [0.2, 0.25) is 0 Å². The van der Waals surface area contributed by atoms with E-state index in [0.717, 1.165) is 4.31 Å². The van der Waals surface area contributed by atoms with Gasteiger partial charge in [-0.2, -0.15) is 4.31 Å². The molecule has 1 aromatic carbocycles. The molecule has 1 aliphatic heterocycles. The molecule has 0 aliphatic carbocycles. The first-order chi connectivity index (χ1) is 8.43. The Kier molecular flexibility index (Phi) is 3.38. The molecular weight excluding hydrogens is 258 g/mol. The van der Waals surface area contributed by atoms with Crippen LogP contribution in [0.1, 0.15) is 16.8 Å². The van der Waals surface area contributed by atoms with Gasteiger partial charge in [0.05, 0.1) is 16.6 Å². The van der Waals surface area contributed by atoms with Crippen molar-refractivity contribution >= 4 is 16.0 Å². The Morgan fingerprint density at radius 2 is 2.00 bits per heavy atom. The lowest BCUT2D eigenvalue weighted by molar-refractivity contribution is 0.0692. The van der Waals surface area contributed by atoms with Gasteiger partial charge in [-0.15, -0.1) is 0 Å². The number of hydrogen-bond acceptors (Lipinski definition) is 4. The van der Waals surface area contributed by atoms with Crippen LogP contribution in [0.3, 0.4) is 0 Å². The predicted octanol–water partition coefficient (Wildman–Crippen LogP) is 0.140. The summed E-state index contributed by atoms with van der Waals surface area (Å²) in [7, 11) is -3.85. The van der Waals surface area contributed by atoms with Crippen molar-refractivity contribution in [3.8, 4) is 0 Å². The number of β-amino-alcohol motifs (C(OH)–C–C–N with tert-alkyl or cyclic N) is 1. The number of carboxylic acids is 1. The quantitative estimate of drug-likeness (QED) is 0.815. The highest BCUT2D eigenvalue weighted by atomic mass is 32.2. The van der Waals surface area contributed by atoms with E-state index >= 15 is 0 Å². The highest BCUT2D eigenvalue weighted by Crippen LogP contribution is 2.23. The summed E-state index contributed by atoms with van der Waals surface area (Å²) in [5.41, 5.74) is -0.251. The molecule has 98 valence electrons. The number of hydrogen-bond donors (Lipinski definition) is 2. The van der Waals surface area contributed by atoms with E-state index in [-0.39, 0.29) is 23.5 Å². The molecule has 18 heavy (non-hydrogen) atoms. The van der Waals surface area contributed by atoms with Crippen molar-refractivity contribution in [1.82, 2.24) is 4.31 Å². The number of aliphatic hydroxyl groups excluding tert-OH is 1. The molecule has 2 rings (SSSR count). The molecule has 1 fully saturated rings. The van der Waals surface area contributed by atoms with E-state index in [0.29, 0.717) is 6.42 Å². The van der Waals surface area contributed by atoms with Crippen molar-refractivity contribution in [3.63, 3.8) is 0 Å². The largest absolute Gasteiger partial charge is 0.478 e. The zero-order valence-corrected chi connectivity index (χ0v) is 10.3. The molecule has 1 atom stereocenters. The third kappa shape index (κ3) is 2.24. The molecule has 7 heteroatoms. The molecular formula is C11H13NO5S. The second kappa shape index (κ2) is 4.68. The fourth-order valence-corrected chi connectivity index (χ4v) is 3.61. The summed E-state index contributed by atoms with van der Waals surface area (Å²) in [6.07, 6.45) is -0.314. The minimum absolute atomic E-state index is 0.0102. The first kappa shape index (κ1) is 13.0. The summed E-state index contributed by atoms with van der Waals surface area (Å²) >= 11 is 0. The van der Waals surface area contributed by atoms with Crippen LogP contribution in [0.15, 0.2) is 29.2 Å². The third-order valence-electron chi connectivity index (χ3n) is 2.86. The van der Waals surface area contributed by atoms with E-state index in [1.807, 2.05) is 0 Å². The highest BCUT2D eigenvalue weighted by molar-refractivity contribution is 7.89. The maximum absolute atomic E-state index is 12.3. The van der Waals surface area contributed by atoms with Crippen molar-refractivity contribution in [3.05, 3.63) is 29.8 Å². The average Bonchev–Trinajstić information content (AvgIpc) is 2.76. The van der Waals surface area contributed by atoms with E-state index in [1.54, 1.807) is 0 Å². The van der Waals surface area contributed by atoms with Gasteiger partial charge in [0.25, 0.3) is 0 Å². The molecule has 1 aromatic rings. The second-order valence-corrected chi connectivity index (χ2v) is 6.01. The Morgan fingerprint density at radius 3 is 2.56 bits per heavy atom. The molecule has 0 radical (unpaired) electrons. The van der Waals surface area contributed by atoms with Crippen molar-refractivity contribution < 1.29 is 23.4 Å². The normalized spacial score (nSPS) is 21.1. The fourth-order valence-electron chi connectivity index (χ4n) is 1.94. The maximum Gasteiger partial charge on any atom is 0.337 e. The van der Waals surface area contributed by atoms with Crippen LogP contribution in [0.25, 0.3) is 0 Å². The van der Waals surface area contributed by atoms with Gasteiger partial charge in [0.15, 0.2) is 0 Å². The summed E-state index contributed by atoms with van der Waals surface area (Å²) in [5.74, 6) is -1.28. The summed E-state index contributed by atoms with van der Waals surface area (Å²) in [6.45, 7) is 0.216. The smallest absolute Gasteiger partial charge is 0.337 e. The fraction of sp³-hybridized carbons (Fsp3) is 0.364. The van der Waals surface area contributed by atoms with Gasteiger partial charge in [-0.1, -0.05) is 12.1 Å². The van der Waals surface area contributed by atoms with Crippen LogP contribution in [0.4, 0.5) is 0 Å². The van der Waals surface area contributed by atoms with Crippen LogP contribution in [-0.4, -0.2) is 48.1 Å². The van der Waals surface area contributed by atoms with Gasteiger partial charge < -0.3 is 10.2 Å². The van der Waals surface area contributed by atoms with Crippen LogP contribution < -0.4 is 0 Å². The lowest BCUT2D eigenvalue weighted by Crippen LogP contribution is -2.30. The molecule has 1 unspecified atom stereocenters. The van der Waals surface area contributed by atoms with Gasteiger partial charge in [-0.3, -0.25) is 0 Å². The highest BCUT2D eigenvalue weighted by Gasteiger charge is 2.33. The van der Waals surface area contributed by atoms with Gasteiger partial charge in [0, 0.05) is 13.1 Å². The summed E-state index contributed by atoms with van der Waals surface area (Å²) in [6, 6.07) is 5.47. The maximum atomic E-state index is 12.3. The van der Waals surface area contributed by atoms with E-state index in [1.165, 1.54) is 24.3 Å². The van der Waals surface area contributed by atoms with Gasteiger partial charge in [-0.05, 0) is 18.6 Å². The zero-order chi connectivity index (χ0) is 13.3. The van der Waals surface area contributed by atoms with E-state index < -0.39 is 22.1 Å². The number of sulfonamides is 1. The van der Waals surface area contributed by atoms with Crippen molar-refractivity contribution in [2.24, 2.45) is 0 Å². The van der Waals surface area contributed by atoms with Crippen molar-refractivity contribution in [1.29, 1.82) is 0 Å². The number of carbonyl (C=O) groups is 1. The van der Waals surface area contributed by atoms with Crippen LogP contribution in [0.5, 0.6) is 0 Å². The van der Waals surface area contributed by atoms with Crippen LogP contribution in [-0.2, 0) is 10.0 Å². The standard InChI is InChI=1S/C11H13NO5S/c13-8-5-6-12(7-8)18(16,17)10-4-2-1-3-9(10)11(14)15/h1-4,8,13H,5-7H2,(H,14,15). The first-order valence-electron chi connectivity index (χ1n) is 5.43. The van der Waals surface area contributed by atoms with Gasteiger partial charge >= 0.3 is 5.97 Å². The number of carboxylic acid groups (broad SMARTS) is 1. The zero-order valence-electron chi connectivity index (χ0n) is 9.48. The van der Waals surface area contributed by atoms with Crippen molar-refractivity contribution in [2.75, 3.05) is 13.1 Å². The molecule has 0 amide bonds. The number of aliphatic hydroxyl groups is 1. The van der Waals surface area contributed by atoms with Crippen molar-refractivity contribution in [2.45, 2.75) is 17.4 Å². The molecule has 1 saturated heterocycles. The topological polar surface area (TPSA) is 94.9 Å². The predicted molar refractivity (Wildman–Crippen MR) is 62.8 cm³/mol. The Bertz CT molecular complexity index is 569. The average molecular weight is 271 g/mol. The molecule has 2 N–H and O–H groups in total. The molecule has 0 aromatic heterocycles. The molecule has 0 spiro atoms. The van der Waals surface area contributed by atoms with Crippen LogP contribution >= 0.6 is 0 Å². The number of rotatable bonds is 3. The minimum Gasteiger partial charge on any atom is -0.478 e. The second-order valence-electron chi connectivity index (χ2n) is 4.11. The molecule has 6 nitrogen and oxygen atoms in total. The lowest BCUT2D eigenvalue weighted by Gasteiger charge is -2.16. The lowest BCUT2D eigenvalue weighted by atomic mass is 10.2. The van der Waals surface area contributed by atoms with Crippen LogP contribution in [0, 0.1) is 0 Å². The molecule has 0 saturated carbocycles. The number of aromatic carboxylic acids is 1. The number of benzene rings is 1. The van der Waals surface area contributed by atoms with E-state index in [4.69, 9.17) is 5.11 Å². The summed E-state index contributed by atoms with van der Waals surface area (Å²) in [4.78, 5) is 10.8. The van der Waals surface area contributed by atoms with Gasteiger partial charge in [-0.25, -0.2) is 13.2 Å². The number of nitrogens with zero attached hydrogens (tertiary/aromatic N) is 1. The Labute approximate surface area is 105 Å². The van der Waals surface area contributed by atoms with E-state index in [9.17, 15) is 18.3 Å². The summed E-state index contributed by atoms with van der Waals surface area (Å²) < 4.78 is 25.6. The molecule has 1 heterocycles. The monoisotopic (exact) mass is 271 g/mol. The third-order valence-corrected chi connectivity index (χ3v) is 4.78. The molecule has 1 aliphatic rings. The Balaban J connectivity index is 2.45. The van der Waals surface area contributed by atoms with Gasteiger partial charge in [0.2, 0.25) is 10.0 Å². The Morgan fingerprint density at radius 1 is 1.33 bits per heavy atom. The molecule has 0 bridgehead atoms. The van der Waals surface area contributed by atoms with E-state index in [2.05, 4.69) is 0 Å². The SMILES string of the molecule is O=C(O)c1ccccc1S(=O)(=O)N1CCC(O)C1. The summed E-state index contributed by atoms with van der Waals surface area (Å²) in [5, 5.41) is 18.4. The Hall–Kier alpha value is -1.44. The minimum atomic E-state index is -3.85. The van der Waals surface area contributed by atoms with Gasteiger partial charge in [0.1, 0.15) is 0 Å².